The number of carboxylic acids is 1. The molecule has 0 amide bonds. The number of aromatic carboxylic acids is 1. The molecule has 26 heavy (non-hydrogen) atoms. The summed E-state index contributed by atoms with van der Waals surface area (Å²) in [5, 5.41) is 9.54. The van der Waals surface area contributed by atoms with Crippen LogP contribution in [0, 0.1) is 0 Å². The fraction of sp³-hybridized carbons (Fsp3) is 0.0909. The van der Waals surface area contributed by atoms with E-state index in [1.807, 2.05) is 30.3 Å². The number of nitrogens with zero attached hydrogens (tertiary/aromatic N) is 1. The van der Waals surface area contributed by atoms with E-state index in [0.717, 1.165) is 28.3 Å². The van der Waals surface area contributed by atoms with Crippen LogP contribution in [0.4, 0.5) is 5.69 Å². The topological polar surface area (TPSA) is 49.7 Å². The molecule has 0 bridgehead atoms. The van der Waals surface area contributed by atoms with Crippen LogP contribution < -0.4 is 0 Å². The second-order valence-electron chi connectivity index (χ2n) is 6.13. The lowest BCUT2D eigenvalue weighted by Crippen LogP contribution is -2.05. The molecule has 3 aromatic carbocycles. The molecular weight excluding hydrogens is 342 g/mol. The molecule has 1 unspecified atom stereocenters. The lowest BCUT2D eigenvalue weighted by Gasteiger charge is -2.16. The summed E-state index contributed by atoms with van der Waals surface area (Å²) in [4.78, 5) is 17.2. The third kappa shape index (κ3) is 3.41. The SMILES string of the molecule is O=C(O)c1ccc2c(c1)N=C(c1ccccc1)CC(c1ccccc1)S2. The molecule has 1 aliphatic heterocycles. The van der Waals surface area contributed by atoms with Gasteiger partial charge in [0.25, 0.3) is 0 Å². The first-order valence-corrected chi connectivity index (χ1v) is 9.30. The molecular formula is C22H17NO2S. The summed E-state index contributed by atoms with van der Waals surface area (Å²) in [5.74, 6) is -0.932. The first kappa shape index (κ1) is 16.6. The second-order valence-corrected chi connectivity index (χ2v) is 7.38. The van der Waals surface area contributed by atoms with Crippen molar-refractivity contribution >= 4 is 29.1 Å². The van der Waals surface area contributed by atoms with E-state index in [1.54, 1.807) is 23.9 Å². The van der Waals surface area contributed by atoms with Crippen LogP contribution in [0.15, 0.2) is 88.8 Å². The zero-order valence-electron chi connectivity index (χ0n) is 14.0. The highest BCUT2D eigenvalue weighted by molar-refractivity contribution is 7.99. The molecule has 1 N–H and O–H groups in total. The standard InChI is InChI=1S/C22H17NO2S/c24-22(25)17-11-12-20-19(13-17)23-18(15-7-3-1-4-8-15)14-21(26-20)16-9-5-2-6-10-16/h1-13,21H,14H2,(H,24,25). The Morgan fingerprint density at radius 1 is 0.962 bits per heavy atom. The molecule has 4 heteroatoms. The van der Waals surface area contributed by atoms with Gasteiger partial charge in [0.15, 0.2) is 0 Å². The molecule has 4 rings (SSSR count). The summed E-state index contributed by atoms with van der Waals surface area (Å²) in [6.45, 7) is 0. The molecule has 0 saturated heterocycles. The van der Waals surface area contributed by atoms with Crippen LogP contribution in [0.5, 0.6) is 0 Å². The van der Waals surface area contributed by atoms with E-state index < -0.39 is 5.97 Å². The largest absolute Gasteiger partial charge is 0.478 e. The van der Waals surface area contributed by atoms with E-state index in [0.29, 0.717) is 0 Å². The van der Waals surface area contributed by atoms with Crippen LogP contribution in [0.1, 0.15) is 33.2 Å². The van der Waals surface area contributed by atoms with Gasteiger partial charge in [0.05, 0.1) is 11.3 Å². The van der Waals surface area contributed by atoms with Gasteiger partial charge >= 0.3 is 5.97 Å². The Morgan fingerprint density at radius 2 is 1.65 bits per heavy atom. The van der Waals surface area contributed by atoms with Gasteiger partial charge in [-0.25, -0.2) is 4.79 Å². The summed E-state index contributed by atoms with van der Waals surface area (Å²) < 4.78 is 0. The maximum Gasteiger partial charge on any atom is 0.335 e. The summed E-state index contributed by atoms with van der Waals surface area (Å²) >= 11 is 1.74. The van der Waals surface area contributed by atoms with E-state index in [9.17, 15) is 9.90 Å². The molecule has 3 aromatic rings. The fourth-order valence-corrected chi connectivity index (χ4v) is 4.28. The maximum absolute atomic E-state index is 11.4. The molecule has 128 valence electrons. The first-order valence-electron chi connectivity index (χ1n) is 8.42. The Morgan fingerprint density at radius 3 is 2.35 bits per heavy atom. The van der Waals surface area contributed by atoms with Gasteiger partial charge in [-0.15, -0.1) is 11.8 Å². The normalized spacial score (nSPS) is 16.3. The predicted octanol–water partition coefficient (Wildman–Crippen LogP) is 5.74. The van der Waals surface area contributed by atoms with Gasteiger partial charge in [-0.1, -0.05) is 60.7 Å². The predicted molar refractivity (Wildman–Crippen MR) is 106 cm³/mol. The van der Waals surface area contributed by atoms with Gasteiger partial charge < -0.3 is 5.11 Å². The maximum atomic E-state index is 11.4. The third-order valence-electron chi connectivity index (χ3n) is 4.39. The van der Waals surface area contributed by atoms with Gasteiger partial charge in [-0.3, -0.25) is 4.99 Å². The second kappa shape index (κ2) is 7.18. The number of aliphatic imine (C=N–C) groups is 1. The van der Waals surface area contributed by atoms with Crippen molar-refractivity contribution < 1.29 is 9.90 Å². The van der Waals surface area contributed by atoms with Crippen LogP contribution >= 0.6 is 11.8 Å². The first-order chi connectivity index (χ1) is 12.7. The van der Waals surface area contributed by atoms with Crippen molar-refractivity contribution in [3.63, 3.8) is 0 Å². The lowest BCUT2D eigenvalue weighted by molar-refractivity contribution is 0.0697. The lowest BCUT2D eigenvalue weighted by atomic mass is 10.0. The molecule has 1 aliphatic rings. The number of hydrogen-bond donors (Lipinski definition) is 1. The number of benzene rings is 3. The van der Waals surface area contributed by atoms with Crippen LogP contribution in [-0.4, -0.2) is 16.8 Å². The number of carbonyl (C=O) groups is 1. The molecule has 1 heterocycles. The minimum atomic E-state index is -0.932. The number of rotatable bonds is 3. The van der Waals surface area contributed by atoms with Gasteiger partial charge in [0.1, 0.15) is 0 Å². The molecule has 1 atom stereocenters. The van der Waals surface area contributed by atoms with Crippen LogP contribution in [0.2, 0.25) is 0 Å². The van der Waals surface area contributed by atoms with Crippen molar-refractivity contribution in [3.05, 3.63) is 95.6 Å². The Bertz CT molecular complexity index is 968. The van der Waals surface area contributed by atoms with E-state index in [-0.39, 0.29) is 10.8 Å². The van der Waals surface area contributed by atoms with Gasteiger partial charge in [-0.05, 0) is 29.3 Å². The van der Waals surface area contributed by atoms with Crippen molar-refractivity contribution in [1.82, 2.24) is 0 Å². The van der Waals surface area contributed by atoms with Crippen LogP contribution in [0.3, 0.4) is 0 Å². The average molecular weight is 359 g/mol. The van der Waals surface area contributed by atoms with E-state index >= 15 is 0 Å². The summed E-state index contributed by atoms with van der Waals surface area (Å²) in [6.07, 6.45) is 0.787. The average Bonchev–Trinajstić information content (AvgIpc) is 2.88. The van der Waals surface area contributed by atoms with Gasteiger partial charge in [0, 0.05) is 22.3 Å². The highest BCUT2D eigenvalue weighted by Crippen LogP contribution is 2.45. The highest BCUT2D eigenvalue weighted by atomic mass is 32.2. The Labute approximate surface area is 156 Å². The number of thioether (sulfide) groups is 1. The Hall–Kier alpha value is -2.85. The summed E-state index contributed by atoms with van der Waals surface area (Å²) in [5.41, 5.74) is 4.29. The third-order valence-corrected chi connectivity index (χ3v) is 5.71. The smallest absolute Gasteiger partial charge is 0.335 e. The van der Waals surface area contributed by atoms with E-state index in [1.165, 1.54) is 5.56 Å². The van der Waals surface area contributed by atoms with Crippen molar-refractivity contribution in [2.75, 3.05) is 0 Å². The van der Waals surface area contributed by atoms with Crippen LogP contribution in [0.25, 0.3) is 0 Å². The molecule has 0 saturated carbocycles. The van der Waals surface area contributed by atoms with Crippen LogP contribution in [-0.2, 0) is 0 Å². The van der Waals surface area contributed by atoms with E-state index in [4.69, 9.17) is 4.99 Å². The molecule has 0 aromatic heterocycles. The highest BCUT2D eigenvalue weighted by Gasteiger charge is 2.23. The number of carboxylic acid groups (broad SMARTS) is 1. The Kier molecular flexibility index (Phi) is 4.59. The van der Waals surface area contributed by atoms with Crippen molar-refractivity contribution in [2.45, 2.75) is 16.6 Å². The minimum absolute atomic E-state index is 0.229. The molecule has 0 aliphatic carbocycles. The quantitative estimate of drug-likeness (QED) is 0.648. The van der Waals surface area contributed by atoms with E-state index in [2.05, 4.69) is 36.4 Å². The Balaban J connectivity index is 1.83. The zero-order chi connectivity index (χ0) is 17.9. The zero-order valence-corrected chi connectivity index (χ0v) is 14.8. The summed E-state index contributed by atoms with van der Waals surface area (Å²) in [6, 6.07) is 25.7. The van der Waals surface area contributed by atoms with Gasteiger partial charge in [-0.2, -0.15) is 0 Å². The van der Waals surface area contributed by atoms with Crippen molar-refractivity contribution in [3.8, 4) is 0 Å². The minimum Gasteiger partial charge on any atom is -0.478 e. The molecule has 3 nitrogen and oxygen atoms in total. The number of hydrogen-bond acceptors (Lipinski definition) is 3. The monoisotopic (exact) mass is 359 g/mol. The fourth-order valence-electron chi connectivity index (χ4n) is 3.07. The molecule has 0 radical (unpaired) electrons. The molecule has 0 spiro atoms. The van der Waals surface area contributed by atoms with Crippen molar-refractivity contribution in [2.24, 2.45) is 4.99 Å². The van der Waals surface area contributed by atoms with Gasteiger partial charge in [0.2, 0.25) is 0 Å². The van der Waals surface area contributed by atoms with Crippen molar-refractivity contribution in [1.29, 1.82) is 0 Å². The molecule has 0 fully saturated rings. The summed E-state index contributed by atoms with van der Waals surface area (Å²) in [7, 11) is 0. The number of fused-ring (bicyclic) bond motifs is 1.